The van der Waals surface area contributed by atoms with Crippen LogP contribution in [0.4, 0.5) is 0 Å². The van der Waals surface area contributed by atoms with Crippen LogP contribution in [0.25, 0.3) is 0 Å². The maximum atomic E-state index is 12.5. The highest BCUT2D eigenvalue weighted by molar-refractivity contribution is 5.92. The van der Waals surface area contributed by atoms with Crippen LogP contribution in [0.1, 0.15) is 42.4 Å². The predicted molar refractivity (Wildman–Crippen MR) is 74.9 cm³/mol. The molecule has 106 valence electrons. The van der Waals surface area contributed by atoms with Crippen LogP contribution in [0.15, 0.2) is 6.07 Å². The molecule has 0 atom stereocenters. The van der Waals surface area contributed by atoms with Crippen LogP contribution < -0.4 is 5.73 Å². The smallest absolute Gasteiger partial charge is 0.272 e. The van der Waals surface area contributed by atoms with Crippen molar-refractivity contribution in [3.8, 4) is 0 Å². The Labute approximate surface area is 114 Å². The van der Waals surface area contributed by atoms with Gasteiger partial charge in [0.1, 0.15) is 5.69 Å². The molecule has 1 aromatic rings. The van der Waals surface area contributed by atoms with Gasteiger partial charge in [-0.3, -0.25) is 9.48 Å². The summed E-state index contributed by atoms with van der Waals surface area (Å²) in [5.41, 5.74) is 7.27. The summed E-state index contributed by atoms with van der Waals surface area (Å²) in [5, 5.41) is 4.34. The third-order valence-electron chi connectivity index (χ3n) is 3.99. The summed E-state index contributed by atoms with van der Waals surface area (Å²) in [5.74, 6) is 0.799. The van der Waals surface area contributed by atoms with Gasteiger partial charge in [-0.2, -0.15) is 5.10 Å². The van der Waals surface area contributed by atoms with Crippen LogP contribution in [-0.2, 0) is 13.5 Å². The highest BCUT2D eigenvalue weighted by Gasteiger charge is 2.25. The molecule has 0 radical (unpaired) electrons. The fourth-order valence-corrected chi connectivity index (χ4v) is 2.72. The van der Waals surface area contributed by atoms with Gasteiger partial charge in [0.2, 0.25) is 0 Å². The van der Waals surface area contributed by atoms with Crippen molar-refractivity contribution in [3.63, 3.8) is 0 Å². The van der Waals surface area contributed by atoms with Gasteiger partial charge in [-0.05, 0) is 44.2 Å². The average molecular weight is 264 g/mol. The molecule has 0 spiro atoms. The SMILES string of the molecule is CCc1cc(C(=O)N2CCC(CCN)CC2)n(C)n1. The molecule has 1 aliphatic heterocycles. The number of amides is 1. The lowest BCUT2D eigenvalue weighted by atomic mass is 9.93. The van der Waals surface area contributed by atoms with Gasteiger partial charge in [0, 0.05) is 20.1 Å². The molecule has 5 heteroatoms. The summed E-state index contributed by atoms with van der Waals surface area (Å²) >= 11 is 0. The van der Waals surface area contributed by atoms with E-state index in [9.17, 15) is 4.79 Å². The predicted octanol–water partition coefficient (Wildman–Crippen LogP) is 1.18. The van der Waals surface area contributed by atoms with Crippen LogP contribution in [0, 0.1) is 5.92 Å². The summed E-state index contributed by atoms with van der Waals surface area (Å²) in [6, 6.07) is 1.91. The third kappa shape index (κ3) is 3.15. The Morgan fingerprint density at radius 3 is 2.68 bits per heavy atom. The number of piperidine rings is 1. The van der Waals surface area contributed by atoms with Crippen molar-refractivity contribution >= 4 is 5.91 Å². The maximum absolute atomic E-state index is 12.5. The van der Waals surface area contributed by atoms with Crippen molar-refractivity contribution in [2.24, 2.45) is 18.7 Å². The van der Waals surface area contributed by atoms with E-state index in [1.54, 1.807) is 4.68 Å². The van der Waals surface area contributed by atoms with Crippen LogP contribution in [0.3, 0.4) is 0 Å². The Balaban J connectivity index is 1.99. The fraction of sp³-hybridized carbons (Fsp3) is 0.714. The van der Waals surface area contributed by atoms with Gasteiger partial charge in [-0.1, -0.05) is 6.92 Å². The number of hydrogen-bond donors (Lipinski definition) is 1. The third-order valence-corrected chi connectivity index (χ3v) is 3.99. The maximum Gasteiger partial charge on any atom is 0.272 e. The number of nitrogens with zero attached hydrogens (tertiary/aromatic N) is 3. The van der Waals surface area contributed by atoms with Crippen molar-refractivity contribution in [3.05, 3.63) is 17.5 Å². The lowest BCUT2D eigenvalue weighted by molar-refractivity contribution is 0.0677. The van der Waals surface area contributed by atoms with E-state index in [-0.39, 0.29) is 5.91 Å². The van der Waals surface area contributed by atoms with Gasteiger partial charge in [0.25, 0.3) is 5.91 Å². The number of aryl methyl sites for hydroxylation is 2. The molecule has 0 aromatic carbocycles. The molecule has 2 N–H and O–H groups in total. The number of carbonyl (C=O) groups is 1. The Kier molecular flexibility index (Phi) is 4.58. The first-order chi connectivity index (χ1) is 9.15. The summed E-state index contributed by atoms with van der Waals surface area (Å²) in [6.07, 6.45) is 4.08. The minimum atomic E-state index is 0.112. The highest BCUT2D eigenvalue weighted by atomic mass is 16.2. The van der Waals surface area contributed by atoms with Crippen molar-refractivity contribution < 1.29 is 4.79 Å². The largest absolute Gasteiger partial charge is 0.337 e. The van der Waals surface area contributed by atoms with Gasteiger partial charge < -0.3 is 10.6 Å². The molecule has 2 rings (SSSR count). The number of hydrogen-bond acceptors (Lipinski definition) is 3. The number of nitrogens with two attached hydrogens (primary N) is 1. The Hall–Kier alpha value is -1.36. The van der Waals surface area contributed by atoms with Gasteiger partial charge in [0.15, 0.2) is 0 Å². The Morgan fingerprint density at radius 2 is 2.16 bits per heavy atom. The number of rotatable bonds is 4. The molecule has 1 aliphatic rings. The van der Waals surface area contributed by atoms with E-state index in [0.717, 1.165) is 51.0 Å². The van der Waals surface area contributed by atoms with Gasteiger partial charge in [0.05, 0.1) is 5.69 Å². The van der Waals surface area contributed by atoms with Crippen LogP contribution in [0.5, 0.6) is 0 Å². The molecule has 0 bridgehead atoms. The second kappa shape index (κ2) is 6.19. The topological polar surface area (TPSA) is 64.2 Å². The van der Waals surface area contributed by atoms with E-state index >= 15 is 0 Å². The Bertz CT molecular complexity index is 433. The highest BCUT2D eigenvalue weighted by Crippen LogP contribution is 2.21. The molecule has 19 heavy (non-hydrogen) atoms. The monoisotopic (exact) mass is 264 g/mol. The number of likely N-dealkylation sites (tertiary alicyclic amines) is 1. The zero-order chi connectivity index (χ0) is 13.8. The molecule has 2 heterocycles. The summed E-state index contributed by atoms with van der Waals surface area (Å²) in [4.78, 5) is 14.4. The zero-order valence-corrected chi connectivity index (χ0v) is 11.9. The first kappa shape index (κ1) is 14.1. The van der Waals surface area contributed by atoms with Crippen molar-refractivity contribution in [1.82, 2.24) is 14.7 Å². The quantitative estimate of drug-likeness (QED) is 0.888. The van der Waals surface area contributed by atoms with Crippen LogP contribution in [-0.4, -0.2) is 40.2 Å². The molecular weight excluding hydrogens is 240 g/mol. The van der Waals surface area contributed by atoms with Gasteiger partial charge in [-0.15, -0.1) is 0 Å². The summed E-state index contributed by atoms with van der Waals surface area (Å²) < 4.78 is 1.70. The van der Waals surface area contributed by atoms with E-state index in [1.165, 1.54) is 0 Å². The summed E-state index contributed by atoms with van der Waals surface area (Å²) in [7, 11) is 1.84. The molecule has 0 saturated carbocycles. The first-order valence-electron chi connectivity index (χ1n) is 7.18. The van der Waals surface area contributed by atoms with Crippen molar-refractivity contribution in [2.45, 2.75) is 32.6 Å². The minimum Gasteiger partial charge on any atom is -0.337 e. The normalized spacial score (nSPS) is 16.9. The van der Waals surface area contributed by atoms with E-state index in [2.05, 4.69) is 12.0 Å². The van der Waals surface area contributed by atoms with Crippen molar-refractivity contribution in [1.29, 1.82) is 0 Å². The molecule has 1 aromatic heterocycles. The summed E-state index contributed by atoms with van der Waals surface area (Å²) in [6.45, 7) is 4.49. The zero-order valence-electron chi connectivity index (χ0n) is 11.9. The second-order valence-electron chi connectivity index (χ2n) is 5.31. The molecular formula is C14H24N4O. The van der Waals surface area contributed by atoms with Gasteiger partial charge >= 0.3 is 0 Å². The minimum absolute atomic E-state index is 0.112. The van der Waals surface area contributed by atoms with E-state index < -0.39 is 0 Å². The molecule has 1 saturated heterocycles. The molecule has 0 unspecified atom stereocenters. The average Bonchev–Trinajstić information content (AvgIpc) is 2.80. The van der Waals surface area contributed by atoms with E-state index in [4.69, 9.17) is 5.73 Å². The number of carbonyl (C=O) groups excluding carboxylic acids is 1. The van der Waals surface area contributed by atoms with E-state index in [0.29, 0.717) is 11.6 Å². The number of aromatic nitrogens is 2. The lowest BCUT2D eigenvalue weighted by Gasteiger charge is -2.31. The second-order valence-corrected chi connectivity index (χ2v) is 5.31. The first-order valence-corrected chi connectivity index (χ1v) is 7.18. The van der Waals surface area contributed by atoms with Crippen molar-refractivity contribution in [2.75, 3.05) is 19.6 Å². The molecule has 5 nitrogen and oxygen atoms in total. The van der Waals surface area contributed by atoms with Crippen LogP contribution in [0.2, 0.25) is 0 Å². The van der Waals surface area contributed by atoms with Crippen LogP contribution >= 0.6 is 0 Å². The van der Waals surface area contributed by atoms with E-state index in [1.807, 2.05) is 18.0 Å². The van der Waals surface area contributed by atoms with Gasteiger partial charge in [-0.25, -0.2) is 0 Å². The molecule has 1 fully saturated rings. The fourth-order valence-electron chi connectivity index (χ4n) is 2.72. The Morgan fingerprint density at radius 1 is 1.47 bits per heavy atom. The standard InChI is InChI=1S/C14H24N4O/c1-3-12-10-13(17(2)16-12)14(19)18-8-5-11(4-7-15)6-9-18/h10-11H,3-9,15H2,1-2H3. The molecule has 1 amide bonds. The lowest BCUT2D eigenvalue weighted by Crippen LogP contribution is -2.39. The molecule has 0 aliphatic carbocycles.